The van der Waals surface area contributed by atoms with Gasteiger partial charge in [-0.15, -0.1) is 0 Å². The van der Waals surface area contributed by atoms with Crippen molar-refractivity contribution in [3.8, 4) is 0 Å². The van der Waals surface area contributed by atoms with Crippen LogP contribution >= 0.6 is 0 Å². The van der Waals surface area contributed by atoms with Gasteiger partial charge in [0.05, 0.1) is 5.69 Å². The van der Waals surface area contributed by atoms with Crippen molar-refractivity contribution in [1.29, 1.82) is 0 Å². The molecule has 0 bridgehead atoms. The monoisotopic (exact) mass is 361 g/mol. The van der Waals surface area contributed by atoms with Crippen LogP contribution in [0.15, 0.2) is 11.3 Å². The number of nitrogens with zero attached hydrogens (tertiary/aromatic N) is 4. The fraction of sp³-hybridized carbons (Fsp3) is 0.588. The number of aromatic nitrogens is 2. The van der Waals surface area contributed by atoms with E-state index in [0.717, 1.165) is 11.4 Å². The third kappa shape index (κ3) is 3.61. The van der Waals surface area contributed by atoms with Crippen molar-refractivity contribution in [3.05, 3.63) is 12.0 Å². The summed E-state index contributed by atoms with van der Waals surface area (Å²) in [6.07, 6.45) is 3.73. The molecule has 1 fully saturated rings. The molecule has 0 aliphatic carbocycles. The topological polar surface area (TPSA) is 117 Å². The predicted octanol–water partition coefficient (Wildman–Crippen LogP) is 1.68. The Balaban J connectivity index is 1.72. The van der Waals surface area contributed by atoms with E-state index in [1.807, 2.05) is 4.90 Å². The summed E-state index contributed by atoms with van der Waals surface area (Å²) in [5, 5.41) is 12.3. The van der Waals surface area contributed by atoms with Gasteiger partial charge in [-0.25, -0.2) is 19.6 Å². The molecule has 9 nitrogen and oxygen atoms in total. The van der Waals surface area contributed by atoms with Crippen LogP contribution in [0.4, 0.5) is 16.3 Å². The van der Waals surface area contributed by atoms with Crippen molar-refractivity contribution in [2.45, 2.75) is 51.2 Å². The first-order chi connectivity index (χ1) is 12.2. The number of piperidine rings is 1. The van der Waals surface area contributed by atoms with Crippen LogP contribution in [-0.4, -0.2) is 57.6 Å². The van der Waals surface area contributed by atoms with Crippen LogP contribution in [0, 0.1) is 0 Å². The maximum absolute atomic E-state index is 12.1. The summed E-state index contributed by atoms with van der Waals surface area (Å²) in [4.78, 5) is 38.8. The molecule has 0 saturated carbocycles. The number of aliphatic imine (C=N–C) groups is 1. The number of alkyl carbamates (subject to hydrolysis) is 1. The first-order valence-electron chi connectivity index (χ1n) is 8.56. The number of fused-ring (bicyclic) bond motifs is 1. The Morgan fingerprint density at radius 3 is 2.58 bits per heavy atom. The number of rotatable bonds is 3. The minimum absolute atomic E-state index is 0.240. The van der Waals surface area contributed by atoms with Crippen LogP contribution in [0.3, 0.4) is 0 Å². The Morgan fingerprint density at radius 2 is 1.96 bits per heavy atom. The smallest absolute Gasteiger partial charge is 0.408 e. The molecular weight excluding hydrogens is 338 g/mol. The number of carboxylic acid groups (broad SMARTS) is 1. The van der Waals surface area contributed by atoms with Gasteiger partial charge in [0, 0.05) is 25.7 Å². The van der Waals surface area contributed by atoms with Crippen molar-refractivity contribution >= 4 is 29.8 Å². The second-order valence-corrected chi connectivity index (χ2v) is 7.51. The number of carboxylic acids is 1. The lowest BCUT2D eigenvalue weighted by Crippen LogP contribution is -2.60. The van der Waals surface area contributed by atoms with Crippen LogP contribution in [0.2, 0.25) is 0 Å². The van der Waals surface area contributed by atoms with Crippen molar-refractivity contribution < 1.29 is 19.4 Å². The highest BCUT2D eigenvalue weighted by atomic mass is 16.6. The second kappa shape index (κ2) is 6.54. The van der Waals surface area contributed by atoms with E-state index in [0.29, 0.717) is 25.3 Å². The average Bonchev–Trinajstić information content (AvgIpc) is 3.02. The van der Waals surface area contributed by atoms with Gasteiger partial charge in [-0.1, -0.05) is 0 Å². The lowest BCUT2D eigenvalue weighted by Gasteiger charge is -2.40. The van der Waals surface area contributed by atoms with Crippen LogP contribution in [0.5, 0.6) is 0 Å². The van der Waals surface area contributed by atoms with Gasteiger partial charge in [0.2, 0.25) is 0 Å². The summed E-state index contributed by atoms with van der Waals surface area (Å²) in [5.74, 6) is -0.353. The fourth-order valence-electron chi connectivity index (χ4n) is 3.13. The maximum atomic E-state index is 12.1. The number of anilines is 1. The summed E-state index contributed by atoms with van der Waals surface area (Å²) in [6, 6.07) is 0. The standard InChI is InChI=1S/C17H23N5O4/c1-16(2,3)26-15(25)21-17(14(23)24)5-8-22(9-6-17)13-12-11(4-7-18-12)19-10-20-13/h7,10H,4-6,8-9H2,1-3H3,(H,21,25)(H,23,24). The van der Waals surface area contributed by atoms with E-state index in [4.69, 9.17) is 4.74 Å². The van der Waals surface area contributed by atoms with Crippen LogP contribution in [0.25, 0.3) is 0 Å². The number of carbonyl (C=O) groups excluding carboxylic acids is 1. The average molecular weight is 361 g/mol. The molecule has 9 heteroatoms. The SMILES string of the molecule is CC(C)(C)OC(=O)NC1(C(=O)O)CCN(c2ncnc3c2N=CC3)CC1. The molecule has 2 N–H and O–H groups in total. The molecule has 0 atom stereocenters. The molecule has 3 rings (SSSR count). The summed E-state index contributed by atoms with van der Waals surface area (Å²) in [6.45, 7) is 6.07. The number of amides is 1. The molecule has 0 aromatic carbocycles. The van der Waals surface area contributed by atoms with E-state index >= 15 is 0 Å². The number of nitrogens with one attached hydrogen (secondary N) is 1. The third-order valence-corrected chi connectivity index (χ3v) is 4.45. The lowest BCUT2D eigenvalue weighted by atomic mass is 9.87. The lowest BCUT2D eigenvalue weighted by molar-refractivity contribution is -0.145. The number of carbonyl (C=O) groups is 2. The van der Waals surface area contributed by atoms with Crippen LogP contribution in [-0.2, 0) is 16.0 Å². The normalized spacial score (nSPS) is 18.3. The highest BCUT2D eigenvalue weighted by Crippen LogP contribution is 2.35. The van der Waals surface area contributed by atoms with Gasteiger partial charge in [0.25, 0.3) is 0 Å². The molecule has 1 aromatic heterocycles. The molecule has 0 radical (unpaired) electrons. The quantitative estimate of drug-likeness (QED) is 0.841. The molecule has 1 amide bonds. The van der Waals surface area contributed by atoms with Gasteiger partial charge >= 0.3 is 12.1 Å². The highest BCUT2D eigenvalue weighted by Gasteiger charge is 2.44. The minimum Gasteiger partial charge on any atom is -0.480 e. The van der Waals surface area contributed by atoms with Crippen molar-refractivity contribution in [3.63, 3.8) is 0 Å². The molecule has 2 aliphatic rings. The van der Waals surface area contributed by atoms with E-state index in [-0.39, 0.29) is 12.8 Å². The third-order valence-electron chi connectivity index (χ3n) is 4.45. The zero-order valence-corrected chi connectivity index (χ0v) is 15.2. The summed E-state index contributed by atoms with van der Waals surface area (Å²) < 4.78 is 5.22. The number of aliphatic carboxylic acids is 1. The molecule has 0 spiro atoms. The highest BCUT2D eigenvalue weighted by molar-refractivity contribution is 5.85. The summed E-state index contributed by atoms with van der Waals surface area (Å²) in [5.41, 5.74) is -0.421. The van der Waals surface area contributed by atoms with Gasteiger partial charge in [-0.2, -0.15) is 0 Å². The summed E-state index contributed by atoms with van der Waals surface area (Å²) in [7, 11) is 0. The molecule has 2 aliphatic heterocycles. The molecule has 140 valence electrons. The van der Waals surface area contributed by atoms with Gasteiger partial charge in [0.1, 0.15) is 23.2 Å². The maximum Gasteiger partial charge on any atom is 0.408 e. The zero-order valence-electron chi connectivity index (χ0n) is 15.2. The molecule has 1 saturated heterocycles. The Labute approximate surface area is 151 Å². The Hall–Kier alpha value is -2.71. The fourth-order valence-corrected chi connectivity index (χ4v) is 3.13. The summed E-state index contributed by atoms with van der Waals surface area (Å²) >= 11 is 0. The first kappa shape index (κ1) is 18.1. The molecular formula is C17H23N5O4. The second-order valence-electron chi connectivity index (χ2n) is 7.51. The Morgan fingerprint density at radius 1 is 1.27 bits per heavy atom. The van der Waals surface area contributed by atoms with E-state index in [2.05, 4.69) is 20.3 Å². The van der Waals surface area contributed by atoms with E-state index < -0.39 is 23.2 Å². The number of ether oxygens (including phenoxy) is 1. The van der Waals surface area contributed by atoms with E-state index in [1.54, 1.807) is 27.0 Å². The molecule has 3 heterocycles. The zero-order chi connectivity index (χ0) is 18.9. The van der Waals surface area contributed by atoms with Gasteiger partial charge in [-0.3, -0.25) is 4.99 Å². The van der Waals surface area contributed by atoms with Crippen LogP contribution in [0.1, 0.15) is 39.3 Å². The number of hydrogen-bond donors (Lipinski definition) is 2. The first-order valence-corrected chi connectivity index (χ1v) is 8.56. The van der Waals surface area contributed by atoms with Gasteiger partial charge < -0.3 is 20.1 Å². The van der Waals surface area contributed by atoms with Crippen molar-refractivity contribution in [1.82, 2.24) is 15.3 Å². The minimum atomic E-state index is -1.35. The van der Waals surface area contributed by atoms with E-state index in [1.165, 1.54) is 6.33 Å². The predicted molar refractivity (Wildman–Crippen MR) is 95.1 cm³/mol. The number of hydrogen-bond acceptors (Lipinski definition) is 7. The van der Waals surface area contributed by atoms with Gasteiger partial charge in [0.15, 0.2) is 5.82 Å². The largest absolute Gasteiger partial charge is 0.480 e. The van der Waals surface area contributed by atoms with Gasteiger partial charge in [-0.05, 0) is 33.6 Å². The van der Waals surface area contributed by atoms with E-state index in [9.17, 15) is 14.7 Å². The Kier molecular flexibility index (Phi) is 4.55. The van der Waals surface area contributed by atoms with Crippen LogP contribution < -0.4 is 10.2 Å². The molecule has 1 aromatic rings. The Bertz CT molecular complexity index is 748. The molecule has 26 heavy (non-hydrogen) atoms. The van der Waals surface area contributed by atoms with Crippen molar-refractivity contribution in [2.24, 2.45) is 4.99 Å². The van der Waals surface area contributed by atoms with Crippen molar-refractivity contribution in [2.75, 3.05) is 18.0 Å². The molecule has 0 unspecified atom stereocenters.